The van der Waals surface area contributed by atoms with Crippen molar-refractivity contribution in [1.29, 1.82) is 0 Å². The third-order valence-corrected chi connectivity index (χ3v) is 10.2. The van der Waals surface area contributed by atoms with E-state index in [2.05, 4.69) is 206 Å². The van der Waals surface area contributed by atoms with Crippen LogP contribution in [0.1, 0.15) is 22.8 Å². The molecule has 0 saturated heterocycles. The Balaban J connectivity index is 1.44. The maximum atomic E-state index is 5.42. The van der Waals surface area contributed by atoms with E-state index < -0.39 is 0 Å². The number of hydrogen-bond donors (Lipinski definition) is 2. The molecular weight excluding hydrogens is 661 g/mol. The van der Waals surface area contributed by atoms with Crippen LogP contribution in [0.5, 0.6) is 0 Å². The Kier molecular flexibility index (Phi) is 8.28. The van der Waals surface area contributed by atoms with Crippen LogP contribution in [0.15, 0.2) is 133 Å². The van der Waals surface area contributed by atoms with Crippen molar-refractivity contribution in [2.45, 2.75) is 0 Å². The number of aromatic amines is 2. The van der Waals surface area contributed by atoms with E-state index in [-0.39, 0.29) is 0 Å². The van der Waals surface area contributed by atoms with Gasteiger partial charge in [0, 0.05) is 83.9 Å². The molecular formula is C48H40N6. The van der Waals surface area contributed by atoms with Crippen LogP contribution in [-0.2, 0) is 0 Å². The van der Waals surface area contributed by atoms with Crippen LogP contribution in [0.25, 0.3) is 90.9 Å². The van der Waals surface area contributed by atoms with Crippen molar-refractivity contribution in [2.75, 3.05) is 38.0 Å². The predicted octanol–water partition coefficient (Wildman–Crippen LogP) is 11.5. The van der Waals surface area contributed by atoms with Crippen LogP contribution in [0.4, 0.5) is 11.4 Å². The molecule has 3 aromatic heterocycles. The minimum Gasteiger partial charge on any atom is -0.378 e. The summed E-state index contributed by atoms with van der Waals surface area (Å²) in [5.74, 6) is 0. The first-order valence-corrected chi connectivity index (χ1v) is 18.2. The molecule has 0 unspecified atom stereocenters. The summed E-state index contributed by atoms with van der Waals surface area (Å²) in [7, 11) is 8.26. The fraction of sp³-hybridized carbons (Fsp3) is 0.0833. The molecule has 262 valence electrons. The van der Waals surface area contributed by atoms with Crippen molar-refractivity contribution in [3.8, 4) is 44.5 Å². The van der Waals surface area contributed by atoms with Gasteiger partial charge in [-0.2, -0.15) is 0 Å². The highest BCUT2D eigenvalue weighted by molar-refractivity contribution is 6.00. The molecule has 6 heteroatoms. The van der Waals surface area contributed by atoms with Gasteiger partial charge in [-0.3, -0.25) is 0 Å². The molecule has 2 aliphatic heterocycles. The number of benzene rings is 4. The van der Waals surface area contributed by atoms with Gasteiger partial charge >= 0.3 is 0 Å². The number of anilines is 2. The summed E-state index contributed by atoms with van der Waals surface area (Å²) < 4.78 is 0. The summed E-state index contributed by atoms with van der Waals surface area (Å²) in [5, 5.41) is 0. The second kappa shape index (κ2) is 13.6. The molecule has 0 amide bonds. The standard InChI is InChI=1S/C48H40N6/c1-53(2)35-19-15-33(16-20-35)47-41-27-23-37(49-41)45(31-11-7-5-8-12-31)39-25-29-43(51-39)48(34-17-21-36(22-18-34)54(3)4)44-30-26-40(52-44)46(32-13-9-6-10-14-32)38-24-28-42(47)50-38/h5-30,49,52H,1-4H3. The zero-order chi connectivity index (χ0) is 36.8. The van der Waals surface area contributed by atoms with Gasteiger partial charge in [0.2, 0.25) is 0 Å². The number of nitrogens with zero attached hydrogens (tertiary/aromatic N) is 4. The third-order valence-electron chi connectivity index (χ3n) is 10.2. The van der Waals surface area contributed by atoms with Gasteiger partial charge in [0.25, 0.3) is 0 Å². The Hall–Kier alpha value is -6.92. The Morgan fingerprint density at radius 1 is 0.333 bits per heavy atom. The van der Waals surface area contributed by atoms with Crippen LogP contribution < -0.4 is 9.80 Å². The molecule has 6 nitrogen and oxygen atoms in total. The molecule has 0 fully saturated rings. The van der Waals surface area contributed by atoms with Crippen LogP contribution in [0.2, 0.25) is 0 Å². The second-order valence-electron chi connectivity index (χ2n) is 14.1. The summed E-state index contributed by atoms with van der Waals surface area (Å²) >= 11 is 0. The number of rotatable bonds is 6. The summed E-state index contributed by atoms with van der Waals surface area (Å²) in [6.45, 7) is 0. The number of aromatic nitrogens is 4. The topological polar surface area (TPSA) is 63.8 Å². The average Bonchev–Trinajstić information content (AvgIpc) is 4.04. The van der Waals surface area contributed by atoms with Crippen molar-refractivity contribution in [1.82, 2.24) is 19.9 Å². The Bertz CT molecular complexity index is 2540. The Labute approximate surface area is 315 Å². The fourth-order valence-electron chi connectivity index (χ4n) is 7.48. The van der Waals surface area contributed by atoms with Gasteiger partial charge in [-0.05, 0) is 95.1 Å². The van der Waals surface area contributed by atoms with Gasteiger partial charge < -0.3 is 19.8 Å². The molecule has 9 rings (SSSR count). The largest absolute Gasteiger partial charge is 0.378 e. The highest BCUT2D eigenvalue weighted by Gasteiger charge is 2.19. The molecule has 0 radical (unpaired) electrons. The molecule has 54 heavy (non-hydrogen) atoms. The normalized spacial score (nSPS) is 11.9. The van der Waals surface area contributed by atoms with Crippen molar-refractivity contribution >= 4 is 57.7 Å². The second-order valence-corrected chi connectivity index (χ2v) is 14.1. The van der Waals surface area contributed by atoms with E-state index in [1.165, 1.54) is 0 Å². The molecule has 0 atom stereocenters. The molecule has 2 aliphatic rings. The van der Waals surface area contributed by atoms with E-state index >= 15 is 0 Å². The summed E-state index contributed by atoms with van der Waals surface area (Å²) in [6, 6.07) is 47.1. The van der Waals surface area contributed by atoms with E-state index in [1.807, 2.05) is 0 Å². The summed E-state index contributed by atoms with van der Waals surface area (Å²) in [5.41, 5.74) is 18.3. The lowest BCUT2D eigenvalue weighted by Crippen LogP contribution is -2.07. The maximum Gasteiger partial charge on any atom is 0.0737 e. The van der Waals surface area contributed by atoms with E-state index in [4.69, 9.17) is 9.97 Å². The summed E-state index contributed by atoms with van der Waals surface area (Å²) in [4.78, 5) is 22.8. The molecule has 7 aromatic rings. The SMILES string of the molecule is CN(C)c1ccc(-c2c3nc(c(-c4ccccc4)c4ccc([nH]4)c(-c4ccc(N(C)C)cc4)c4nc(c(-c5ccccc5)c5ccc2[nH]5)C=C4)C=C3)cc1. The number of H-pyrrole nitrogens is 2. The van der Waals surface area contributed by atoms with Gasteiger partial charge in [0.1, 0.15) is 0 Å². The molecule has 0 aliphatic carbocycles. The molecule has 0 saturated carbocycles. The zero-order valence-corrected chi connectivity index (χ0v) is 30.8. The molecule has 5 heterocycles. The van der Waals surface area contributed by atoms with Gasteiger partial charge in [-0.1, -0.05) is 84.9 Å². The van der Waals surface area contributed by atoms with Gasteiger partial charge in [-0.25, -0.2) is 9.97 Å². The van der Waals surface area contributed by atoms with Gasteiger partial charge in [0.05, 0.1) is 22.8 Å². The van der Waals surface area contributed by atoms with Gasteiger partial charge in [0.15, 0.2) is 0 Å². The number of hydrogen-bond acceptors (Lipinski definition) is 4. The smallest absolute Gasteiger partial charge is 0.0737 e. The Morgan fingerprint density at radius 3 is 0.889 bits per heavy atom. The van der Waals surface area contributed by atoms with Crippen molar-refractivity contribution < 1.29 is 0 Å². The quantitative estimate of drug-likeness (QED) is 0.181. The predicted molar refractivity (Wildman–Crippen MR) is 229 cm³/mol. The van der Waals surface area contributed by atoms with E-state index in [1.54, 1.807) is 0 Å². The minimum atomic E-state index is 0.895. The molecule has 2 N–H and O–H groups in total. The monoisotopic (exact) mass is 700 g/mol. The first-order valence-electron chi connectivity index (χ1n) is 18.2. The van der Waals surface area contributed by atoms with Crippen LogP contribution in [-0.4, -0.2) is 48.1 Å². The number of nitrogens with one attached hydrogen (secondary N) is 2. The van der Waals surface area contributed by atoms with E-state index in [9.17, 15) is 0 Å². The minimum absolute atomic E-state index is 0.895. The van der Waals surface area contributed by atoms with Gasteiger partial charge in [-0.15, -0.1) is 0 Å². The molecule has 0 spiro atoms. The highest BCUT2D eigenvalue weighted by atomic mass is 15.1. The fourth-order valence-corrected chi connectivity index (χ4v) is 7.48. The zero-order valence-electron chi connectivity index (χ0n) is 30.8. The third kappa shape index (κ3) is 5.97. The summed E-state index contributed by atoms with van der Waals surface area (Å²) in [6.07, 6.45) is 8.58. The highest BCUT2D eigenvalue weighted by Crippen LogP contribution is 2.38. The van der Waals surface area contributed by atoms with Crippen LogP contribution in [0.3, 0.4) is 0 Å². The lowest BCUT2D eigenvalue weighted by atomic mass is 10.0. The van der Waals surface area contributed by atoms with Crippen molar-refractivity contribution in [3.05, 3.63) is 156 Å². The first kappa shape index (κ1) is 33.0. The first-order chi connectivity index (χ1) is 26.4. The van der Waals surface area contributed by atoms with Crippen molar-refractivity contribution in [2.24, 2.45) is 0 Å². The lowest BCUT2D eigenvalue weighted by Gasteiger charge is -2.13. The maximum absolute atomic E-state index is 5.42. The molecule has 8 bridgehead atoms. The molecule has 4 aromatic carbocycles. The van der Waals surface area contributed by atoms with Crippen LogP contribution in [0, 0.1) is 0 Å². The lowest BCUT2D eigenvalue weighted by molar-refractivity contribution is 1.13. The van der Waals surface area contributed by atoms with Crippen molar-refractivity contribution in [3.63, 3.8) is 0 Å². The average molecular weight is 701 g/mol. The van der Waals surface area contributed by atoms with E-state index in [0.717, 1.165) is 101 Å². The Morgan fingerprint density at radius 2 is 0.611 bits per heavy atom. The number of fused-ring (bicyclic) bond motifs is 8. The van der Waals surface area contributed by atoms with E-state index in [0.29, 0.717) is 0 Å². The van der Waals surface area contributed by atoms with Crippen LogP contribution >= 0.6 is 0 Å².